The summed E-state index contributed by atoms with van der Waals surface area (Å²) in [5, 5.41) is 0.310. The van der Waals surface area contributed by atoms with Crippen molar-refractivity contribution in [1.82, 2.24) is 14.7 Å². The molecule has 11 nitrogen and oxygen atoms in total. The second-order valence-corrected chi connectivity index (χ2v) is 15.1. The summed E-state index contributed by atoms with van der Waals surface area (Å²) in [5.41, 5.74) is 0.119. The highest BCUT2D eigenvalue weighted by Gasteiger charge is 2.63. The molecule has 2 amide bonds. The fourth-order valence-corrected chi connectivity index (χ4v) is 9.47. The Morgan fingerprint density at radius 1 is 0.898 bits per heavy atom. The molecule has 262 valence electrons. The normalized spacial score (nSPS) is 21.9. The number of amides is 2. The zero-order chi connectivity index (χ0) is 35.2. The molecule has 0 aromatic heterocycles. The van der Waals surface area contributed by atoms with E-state index in [0.29, 0.717) is 47.0 Å². The number of nitrogens with zero attached hydrogens (tertiary/aromatic N) is 4. The van der Waals surface area contributed by atoms with Crippen LogP contribution in [0.1, 0.15) is 55.3 Å². The van der Waals surface area contributed by atoms with Crippen LogP contribution in [0, 0.1) is 0 Å². The van der Waals surface area contributed by atoms with Gasteiger partial charge in [0.25, 0.3) is 15.9 Å². The van der Waals surface area contributed by atoms with Crippen molar-refractivity contribution in [2.75, 3.05) is 59.4 Å². The molecule has 0 spiro atoms. The SMILES string of the molecule is COc1ccc(S(=O)(=O)N2C(=O)C(c3ccc(C(C)N4CCCC4)cc3OC)(N3CCC[C@H]3C(=O)N(C)C)c3cc(Cl)ccc32)c(OC)c1. The van der Waals surface area contributed by atoms with Crippen LogP contribution in [0.25, 0.3) is 0 Å². The zero-order valence-corrected chi connectivity index (χ0v) is 30.3. The van der Waals surface area contributed by atoms with E-state index in [9.17, 15) is 13.2 Å². The first kappa shape index (κ1) is 35.0. The second-order valence-electron chi connectivity index (χ2n) is 12.9. The lowest BCUT2D eigenvalue weighted by Crippen LogP contribution is -2.59. The first-order valence-corrected chi connectivity index (χ1v) is 18.3. The minimum Gasteiger partial charge on any atom is -0.497 e. The maximum Gasteiger partial charge on any atom is 0.274 e. The molecule has 2 unspecified atom stereocenters. The van der Waals surface area contributed by atoms with Crippen LogP contribution in [0.2, 0.25) is 5.02 Å². The van der Waals surface area contributed by atoms with Gasteiger partial charge in [0, 0.05) is 48.9 Å². The van der Waals surface area contributed by atoms with Gasteiger partial charge in [-0.2, -0.15) is 0 Å². The number of methoxy groups -OCH3 is 3. The Balaban J connectivity index is 1.63. The summed E-state index contributed by atoms with van der Waals surface area (Å²) in [5.74, 6) is -0.142. The van der Waals surface area contributed by atoms with Crippen LogP contribution in [0.5, 0.6) is 17.2 Å². The van der Waals surface area contributed by atoms with Crippen LogP contribution in [0.3, 0.4) is 0 Å². The molecule has 0 aliphatic carbocycles. The number of anilines is 1. The van der Waals surface area contributed by atoms with Crippen molar-refractivity contribution < 1.29 is 32.2 Å². The molecule has 3 aliphatic heterocycles. The molecular weight excluding hydrogens is 668 g/mol. The molecule has 0 N–H and O–H groups in total. The number of rotatable bonds is 10. The number of hydrogen-bond donors (Lipinski definition) is 0. The lowest BCUT2D eigenvalue weighted by molar-refractivity contribution is -0.138. The predicted molar refractivity (Wildman–Crippen MR) is 187 cm³/mol. The summed E-state index contributed by atoms with van der Waals surface area (Å²) in [7, 11) is 3.11. The standard InChI is InChI=1S/C36H43ClN4O7S/c1-23(39-17-7-8-18-39)24-11-14-27(31(20-24)47-5)36(40-19-9-10-30(40)34(42)38(2)3)28-21-25(37)12-15-29(28)41(35(36)43)49(44,45)33-16-13-26(46-4)22-32(33)48-6/h11-16,20-23,30H,7-10,17-19H2,1-6H3/t23?,30-,36?/m0/s1. The van der Waals surface area contributed by atoms with E-state index in [2.05, 4.69) is 11.8 Å². The van der Waals surface area contributed by atoms with E-state index in [1.54, 1.807) is 32.3 Å². The molecule has 3 heterocycles. The quantitative estimate of drug-likeness (QED) is 0.286. The van der Waals surface area contributed by atoms with Crippen LogP contribution in [0.4, 0.5) is 5.69 Å². The number of carbonyl (C=O) groups is 2. The number of benzene rings is 3. The van der Waals surface area contributed by atoms with E-state index in [-0.39, 0.29) is 28.3 Å². The molecule has 3 aromatic rings. The van der Waals surface area contributed by atoms with Gasteiger partial charge in [0.1, 0.15) is 22.1 Å². The number of ether oxygens (including phenoxy) is 3. The summed E-state index contributed by atoms with van der Waals surface area (Å²) < 4.78 is 47.3. The minimum absolute atomic E-state index is 0.0137. The highest BCUT2D eigenvalue weighted by atomic mass is 35.5. The van der Waals surface area contributed by atoms with Gasteiger partial charge in [-0.1, -0.05) is 23.7 Å². The van der Waals surface area contributed by atoms with Crippen molar-refractivity contribution in [2.24, 2.45) is 0 Å². The Labute approximate surface area is 293 Å². The molecule has 0 saturated carbocycles. The van der Waals surface area contributed by atoms with Gasteiger partial charge < -0.3 is 19.1 Å². The van der Waals surface area contributed by atoms with Crippen molar-refractivity contribution in [2.45, 2.75) is 55.1 Å². The van der Waals surface area contributed by atoms with Crippen molar-refractivity contribution in [3.05, 3.63) is 76.3 Å². The summed E-state index contributed by atoms with van der Waals surface area (Å²) in [6.45, 7) is 4.47. The lowest BCUT2D eigenvalue weighted by Gasteiger charge is -2.42. The number of hydrogen-bond acceptors (Lipinski definition) is 9. The second kappa shape index (κ2) is 13.5. The van der Waals surface area contributed by atoms with E-state index in [1.165, 1.54) is 44.4 Å². The Bertz CT molecular complexity index is 1880. The van der Waals surface area contributed by atoms with Crippen molar-refractivity contribution >= 4 is 39.1 Å². The van der Waals surface area contributed by atoms with Crippen LogP contribution in [-0.2, 0) is 25.2 Å². The number of likely N-dealkylation sites (tertiary alicyclic amines) is 2. The predicted octanol–water partition coefficient (Wildman–Crippen LogP) is 5.05. The highest BCUT2D eigenvalue weighted by Crippen LogP contribution is 2.55. The monoisotopic (exact) mass is 710 g/mol. The van der Waals surface area contributed by atoms with E-state index < -0.39 is 27.5 Å². The van der Waals surface area contributed by atoms with Gasteiger partial charge in [0.2, 0.25) is 5.91 Å². The molecule has 0 radical (unpaired) electrons. The van der Waals surface area contributed by atoms with Gasteiger partial charge in [0.05, 0.1) is 33.1 Å². The van der Waals surface area contributed by atoms with Crippen molar-refractivity contribution in [3.63, 3.8) is 0 Å². The highest BCUT2D eigenvalue weighted by molar-refractivity contribution is 7.93. The average molecular weight is 711 g/mol. The zero-order valence-electron chi connectivity index (χ0n) is 28.7. The molecule has 2 fully saturated rings. The fraction of sp³-hybridized carbons (Fsp3) is 0.444. The summed E-state index contributed by atoms with van der Waals surface area (Å²) in [4.78, 5) is 34.9. The number of halogens is 1. The summed E-state index contributed by atoms with van der Waals surface area (Å²) >= 11 is 6.67. The topological polar surface area (TPSA) is 109 Å². The first-order valence-electron chi connectivity index (χ1n) is 16.4. The molecule has 49 heavy (non-hydrogen) atoms. The van der Waals surface area contributed by atoms with Crippen LogP contribution < -0.4 is 18.5 Å². The molecular formula is C36H43ClN4O7S. The third-order valence-corrected chi connectivity index (χ3v) is 12.1. The number of carbonyl (C=O) groups excluding carboxylic acids is 2. The Morgan fingerprint density at radius 2 is 1.61 bits per heavy atom. The lowest BCUT2D eigenvalue weighted by atomic mass is 9.80. The molecule has 0 bridgehead atoms. The van der Waals surface area contributed by atoms with E-state index in [0.717, 1.165) is 35.8 Å². The molecule has 3 aliphatic rings. The maximum atomic E-state index is 15.6. The van der Waals surface area contributed by atoms with Gasteiger partial charge in [-0.05, 0) is 87.7 Å². The van der Waals surface area contributed by atoms with Crippen molar-refractivity contribution in [3.8, 4) is 17.2 Å². The number of likely N-dealkylation sites (N-methyl/N-ethyl adjacent to an activating group) is 1. The molecule has 6 rings (SSSR count). The van der Waals surface area contributed by atoms with Crippen LogP contribution >= 0.6 is 11.6 Å². The van der Waals surface area contributed by atoms with Crippen molar-refractivity contribution in [1.29, 1.82) is 0 Å². The third-order valence-electron chi connectivity index (χ3n) is 10.1. The molecule has 13 heteroatoms. The minimum atomic E-state index is -4.61. The van der Waals surface area contributed by atoms with Crippen LogP contribution in [-0.4, -0.2) is 96.0 Å². The Kier molecular flexibility index (Phi) is 9.62. The van der Waals surface area contributed by atoms with E-state index >= 15 is 4.79 Å². The molecule has 3 aromatic carbocycles. The summed E-state index contributed by atoms with van der Waals surface area (Å²) in [6.07, 6.45) is 3.36. The van der Waals surface area contributed by atoms with Gasteiger partial charge in [-0.3, -0.25) is 19.4 Å². The Morgan fingerprint density at radius 3 is 2.27 bits per heavy atom. The number of sulfonamides is 1. The van der Waals surface area contributed by atoms with Gasteiger partial charge >= 0.3 is 0 Å². The summed E-state index contributed by atoms with van der Waals surface area (Å²) in [6, 6.07) is 14.2. The fourth-order valence-electron chi connectivity index (χ4n) is 7.69. The van der Waals surface area contributed by atoms with Gasteiger partial charge in [-0.15, -0.1) is 0 Å². The first-order chi connectivity index (χ1) is 23.4. The van der Waals surface area contributed by atoms with E-state index in [4.69, 9.17) is 25.8 Å². The maximum absolute atomic E-state index is 15.6. The number of fused-ring (bicyclic) bond motifs is 1. The largest absolute Gasteiger partial charge is 0.497 e. The van der Waals surface area contributed by atoms with Gasteiger partial charge in [0.15, 0.2) is 5.54 Å². The molecule has 2 saturated heterocycles. The smallest absolute Gasteiger partial charge is 0.274 e. The average Bonchev–Trinajstić information content (AvgIpc) is 3.86. The Hall–Kier alpha value is -3.84. The van der Waals surface area contributed by atoms with E-state index in [1.807, 2.05) is 23.1 Å². The molecule has 3 atom stereocenters. The van der Waals surface area contributed by atoms with Crippen LogP contribution in [0.15, 0.2) is 59.5 Å². The van der Waals surface area contributed by atoms with Gasteiger partial charge in [-0.25, -0.2) is 12.7 Å². The third kappa shape index (κ3) is 5.62.